The summed E-state index contributed by atoms with van der Waals surface area (Å²) in [6.07, 6.45) is 4.63. The second kappa shape index (κ2) is 9.21. The summed E-state index contributed by atoms with van der Waals surface area (Å²) in [7, 11) is 0. The summed E-state index contributed by atoms with van der Waals surface area (Å²) in [4.78, 5) is 23.4. The van der Waals surface area contributed by atoms with Gasteiger partial charge in [0.1, 0.15) is 12.4 Å². The molecule has 0 aliphatic carbocycles. The number of hydroxylamine groups is 2. The number of benzene rings is 1. The molecule has 158 valence electrons. The van der Waals surface area contributed by atoms with Crippen molar-refractivity contribution in [2.45, 2.75) is 19.8 Å². The lowest BCUT2D eigenvalue weighted by atomic mass is 10.1. The summed E-state index contributed by atoms with van der Waals surface area (Å²) < 4.78 is 11.2. The van der Waals surface area contributed by atoms with Crippen LogP contribution >= 0.6 is 0 Å². The van der Waals surface area contributed by atoms with E-state index in [1.54, 1.807) is 25.1 Å². The van der Waals surface area contributed by atoms with Crippen LogP contribution in [0.5, 0.6) is 0 Å². The molecule has 0 spiro atoms. The lowest BCUT2D eigenvalue weighted by Crippen LogP contribution is -3.10. The number of carbonyl (C=O) groups is 1. The van der Waals surface area contributed by atoms with Gasteiger partial charge in [0.05, 0.1) is 13.1 Å². The van der Waals surface area contributed by atoms with E-state index in [4.69, 9.17) is 9.47 Å². The molecular weight excluding hydrogens is 386 g/mol. The largest absolute Gasteiger partial charge is 0.634 e. The van der Waals surface area contributed by atoms with Crippen LogP contribution < -0.4 is 10.4 Å². The number of nitrogens with zero attached hydrogens (tertiary/aromatic N) is 3. The highest BCUT2D eigenvalue weighted by Gasteiger charge is 2.24. The van der Waals surface area contributed by atoms with Crippen LogP contribution in [0.3, 0.4) is 0 Å². The monoisotopic (exact) mass is 411 g/mol. The van der Waals surface area contributed by atoms with E-state index in [9.17, 15) is 10.0 Å². The third-order valence-electron chi connectivity index (χ3n) is 5.01. The van der Waals surface area contributed by atoms with E-state index in [0.717, 1.165) is 25.2 Å². The quantitative estimate of drug-likeness (QED) is 0.675. The Bertz CT molecular complexity index is 898. The van der Waals surface area contributed by atoms with Crippen LogP contribution in [0.15, 0.2) is 58.2 Å². The highest BCUT2D eigenvalue weighted by Crippen LogP contribution is 2.14. The maximum atomic E-state index is 12.6. The van der Waals surface area contributed by atoms with Crippen molar-refractivity contribution in [2.75, 3.05) is 32.8 Å². The standard InChI is InChI=1S/C21H25N5O4/c1-15-22-20(18-4-2-3-13-29-18)30-21(23-15)24-19(27)17-7-5-16(6-8-17)14-25-9-11-26(28)12-10-25/h2-8,21,26H,9-14H2,1H3,(H,24,27). The van der Waals surface area contributed by atoms with Gasteiger partial charge in [-0.1, -0.05) is 18.2 Å². The van der Waals surface area contributed by atoms with E-state index in [0.29, 0.717) is 47.8 Å². The van der Waals surface area contributed by atoms with Gasteiger partial charge in [0.2, 0.25) is 0 Å². The topological polar surface area (TPSA) is 103 Å². The van der Waals surface area contributed by atoms with E-state index >= 15 is 0 Å². The Kier molecular flexibility index (Phi) is 6.22. The molecule has 2 N–H and O–H groups in total. The number of amides is 1. The average molecular weight is 411 g/mol. The number of carbonyl (C=O) groups excluding carboxylic acids is 1. The van der Waals surface area contributed by atoms with Gasteiger partial charge in [0, 0.05) is 25.2 Å². The number of hydrogen-bond donors (Lipinski definition) is 2. The van der Waals surface area contributed by atoms with E-state index in [1.165, 1.54) is 0 Å². The van der Waals surface area contributed by atoms with Gasteiger partial charge in [-0.15, -0.1) is 0 Å². The van der Waals surface area contributed by atoms with Crippen LogP contribution in [0.2, 0.25) is 0 Å². The van der Waals surface area contributed by atoms with Crippen molar-refractivity contribution < 1.29 is 19.3 Å². The summed E-state index contributed by atoms with van der Waals surface area (Å²) in [6.45, 7) is 5.77. The average Bonchev–Trinajstić information content (AvgIpc) is 2.76. The normalized spacial score (nSPS) is 22.3. The molecule has 30 heavy (non-hydrogen) atoms. The molecule has 1 amide bonds. The third kappa shape index (κ3) is 5.12. The zero-order valence-electron chi connectivity index (χ0n) is 16.8. The fourth-order valence-electron chi connectivity index (χ4n) is 3.38. The number of hydrogen-bond acceptors (Lipinski definition) is 7. The first-order valence-corrected chi connectivity index (χ1v) is 10.0. The Labute approximate surface area is 175 Å². The molecule has 3 heterocycles. The van der Waals surface area contributed by atoms with Crippen LogP contribution in [0, 0.1) is 5.21 Å². The molecule has 0 bridgehead atoms. The van der Waals surface area contributed by atoms with Crippen molar-refractivity contribution >= 4 is 17.6 Å². The highest BCUT2D eigenvalue weighted by atomic mass is 16.6. The van der Waals surface area contributed by atoms with Crippen molar-refractivity contribution in [1.82, 2.24) is 10.2 Å². The number of amidine groups is 1. The van der Waals surface area contributed by atoms with Gasteiger partial charge in [-0.25, -0.2) is 4.99 Å². The maximum absolute atomic E-state index is 12.6. The molecule has 0 saturated carbocycles. The van der Waals surface area contributed by atoms with Gasteiger partial charge in [0.15, 0.2) is 5.76 Å². The number of rotatable bonds is 5. The van der Waals surface area contributed by atoms with E-state index in [1.807, 2.05) is 24.3 Å². The minimum absolute atomic E-state index is 0.286. The molecule has 1 saturated heterocycles. The number of quaternary nitrogens is 1. The Morgan fingerprint density at radius 1 is 1.30 bits per heavy atom. The second-order valence-electron chi connectivity index (χ2n) is 7.32. The minimum Gasteiger partial charge on any atom is -0.634 e. The van der Waals surface area contributed by atoms with E-state index in [2.05, 4.69) is 20.2 Å². The van der Waals surface area contributed by atoms with Crippen LogP contribution in [0.1, 0.15) is 22.8 Å². The molecule has 1 aromatic carbocycles. The van der Waals surface area contributed by atoms with Gasteiger partial charge in [-0.2, -0.15) is 4.99 Å². The third-order valence-corrected chi connectivity index (χ3v) is 5.01. The molecule has 3 aliphatic heterocycles. The summed E-state index contributed by atoms with van der Waals surface area (Å²) >= 11 is 0. The molecule has 1 aromatic rings. The summed E-state index contributed by atoms with van der Waals surface area (Å²) in [5, 5.41) is 14.5. The van der Waals surface area contributed by atoms with Gasteiger partial charge in [-0.05, 0) is 36.8 Å². The number of ether oxygens (including phenoxy) is 2. The molecule has 0 radical (unpaired) electrons. The van der Waals surface area contributed by atoms with Crippen LogP contribution in [0.25, 0.3) is 0 Å². The van der Waals surface area contributed by atoms with Crippen molar-refractivity contribution in [2.24, 2.45) is 9.98 Å². The Hall–Kier alpha value is -3.01. The Balaban J connectivity index is 1.34. The predicted molar refractivity (Wildman–Crippen MR) is 112 cm³/mol. The molecule has 1 fully saturated rings. The number of allylic oxidation sites excluding steroid dienone is 2. The van der Waals surface area contributed by atoms with Crippen molar-refractivity contribution in [1.29, 1.82) is 0 Å². The summed E-state index contributed by atoms with van der Waals surface area (Å²) in [6, 6.07) is 7.43. The maximum Gasteiger partial charge on any atom is 0.274 e. The first-order chi connectivity index (χ1) is 14.6. The summed E-state index contributed by atoms with van der Waals surface area (Å²) in [5.74, 6) is 1.02. The Morgan fingerprint density at radius 3 is 2.77 bits per heavy atom. The molecule has 3 aliphatic rings. The number of nitrogens with one attached hydrogen (secondary N) is 2. The van der Waals surface area contributed by atoms with Crippen molar-refractivity contribution in [3.63, 3.8) is 0 Å². The first kappa shape index (κ1) is 20.3. The lowest BCUT2D eigenvalue weighted by molar-refractivity contribution is -0.853. The first-order valence-electron chi connectivity index (χ1n) is 10.0. The molecule has 4 rings (SSSR count). The molecule has 0 aromatic heterocycles. The van der Waals surface area contributed by atoms with Crippen molar-refractivity contribution in [3.8, 4) is 0 Å². The van der Waals surface area contributed by atoms with Crippen LogP contribution in [-0.4, -0.2) is 61.7 Å². The number of aliphatic imine (C=N–C) groups is 2. The molecule has 1 unspecified atom stereocenters. The zero-order valence-corrected chi connectivity index (χ0v) is 16.8. The van der Waals surface area contributed by atoms with Gasteiger partial charge < -0.3 is 19.7 Å². The molecule has 9 nitrogen and oxygen atoms in total. The highest BCUT2D eigenvalue weighted by molar-refractivity contribution is 6.03. The van der Waals surface area contributed by atoms with Crippen LogP contribution in [-0.2, 0) is 16.0 Å². The lowest BCUT2D eigenvalue weighted by Gasteiger charge is -2.34. The molecule has 1 atom stereocenters. The van der Waals surface area contributed by atoms with E-state index < -0.39 is 6.35 Å². The van der Waals surface area contributed by atoms with Crippen LogP contribution in [0.4, 0.5) is 0 Å². The Morgan fingerprint density at radius 2 is 2.07 bits per heavy atom. The fraction of sp³-hybridized carbons (Fsp3) is 0.381. The summed E-state index contributed by atoms with van der Waals surface area (Å²) in [5.41, 5.74) is 1.62. The smallest absolute Gasteiger partial charge is 0.274 e. The molecular formula is C21H25N5O4. The van der Waals surface area contributed by atoms with Crippen molar-refractivity contribution in [3.05, 3.63) is 64.6 Å². The minimum atomic E-state index is -0.869. The number of piperazine rings is 1. The second-order valence-corrected chi connectivity index (χ2v) is 7.32. The fourth-order valence-corrected chi connectivity index (χ4v) is 3.38. The zero-order chi connectivity index (χ0) is 20.9. The molecule has 9 heteroatoms. The van der Waals surface area contributed by atoms with Gasteiger partial charge >= 0.3 is 0 Å². The SMILES string of the molecule is CC1=NC(NC(=O)c2ccc(CN3CC[NH+]([O-])CC3)cc2)OC(C2=CC=CCO2)=N1. The predicted octanol–water partition coefficient (Wildman–Crippen LogP) is 0.216. The van der Waals surface area contributed by atoms with Gasteiger partial charge in [0.25, 0.3) is 18.2 Å². The van der Waals surface area contributed by atoms with E-state index in [-0.39, 0.29) is 5.91 Å². The van der Waals surface area contributed by atoms with Gasteiger partial charge in [-0.3, -0.25) is 15.0 Å².